The van der Waals surface area contributed by atoms with E-state index in [1.165, 1.54) is 21.6 Å². The van der Waals surface area contributed by atoms with E-state index in [9.17, 15) is 9.59 Å². The van der Waals surface area contributed by atoms with Crippen molar-refractivity contribution in [3.8, 4) is 0 Å². The number of ether oxygens (including phenoxy) is 2. The molecule has 0 saturated carbocycles. The highest BCUT2D eigenvalue weighted by Crippen LogP contribution is 2.23. The predicted octanol–water partition coefficient (Wildman–Crippen LogP) is 5.60. The van der Waals surface area contributed by atoms with Crippen LogP contribution < -0.4 is 0 Å². The Morgan fingerprint density at radius 2 is 1.04 bits per heavy atom. The molecule has 0 saturated heterocycles. The summed E-state index contributed by atoms with van der Waals surface area (Å²) >= 11 is 0. The van der Waals surface area contributed by atoms with Gasteiger partial charge in [0.15, 0.2) is 0 Å². The van der Waals surface area contributed by atoms with Crippen molar-refractivity contribution >= 4 is 33.5 Å². The predicted molar refractivity (Wildman–Crippen MR) is 113 cm³/mol. The van der Waals surface area contributed by atoms with E-state index >= 15 is 0 Å². The summed E-state index contributed by atoms with van der Waals surface area (Å²) in [6.45, 7) is 13.9. The minimum atomic E-state index is -0.214. The molecule has 0 aliphatic rings. The van der Waals surface area contributed by atoms with Crippen molar-refractivity contribution in [2.24, 2.45) is 23.7 Å². The van der Waals surface area contributed by atoms with E-state index < -0.39 is 0 Å². The summed E-state index contributed by atoms with van der Waals surface area (Å²) in [4.78, 5) is 23.5. The van der Waals surface area contributed by atoms with Crippen molar-refractivity contribution in [1.82, 2.24) is 0 Å². The maximum atomic E-state index is 11.8. The molecule has 0 N–H and O–H groups in total. The Labute approximate surface area is 168 Å². The first kappa shape index (κ1) is 25.6. The molecule has 154 valence electrons. The van der Waals surface area contributed by atoms with Crippen LogP contribution in [0, 0.1) is 23.7 Å². The quantitative estimate of drug-likeness (QED) is 0.200. The Balaban J connectivity index is 3.75. The number of hydrogen-bond acceptors (Lipinski definition) is 6. The maximum absolute atomic E-state index is 11.8. The molecule has 4 nitrogen and oxygen atoms in total. The van der Waals surface area contributed by atoms with Crippen LogP contribution in [0.5, 0.6) is 0 Å². The molecule has 0 radical (unpaired) electrons. The second-order valence-electron chi connectivity index (χ2n) is 7.38. The first-order valence-electron chi connectivity index (χ1n) is 9.87. The van der Waals surface area contributed by atoms with Gasteiger partial charge in [0.25, 0.3) is 0 Å². The van der Waals surface area contributed by atoms with E-state index in [0.29, 0.717) is 36.9 Å². The molecule has 0 amide bonds. The van der Waals surface area contributed by atoms with Crippen LogP contribution in [0.3, 0.4) is 0 Å². The standard InChI is InChI=1S/C20H38O4S2/c1-7-9-15(3)17(5)11-23-19(21)13-25-26-14-20(22)24-12-18(6)16(4)10-8-2/h15-18H,7-14H2,1-6H3. The number of esters is 2. The van der Waals surface area contributed by atoms with Crippen LogP contribution in [0.1, 0.15) is 67.2 Å². The van der Waals surface area contributed by atoms with Gasteiger partial charge in [-0.15, -0.1) is 0 Å². The van der Waals surface area contributed by atoms with Gasteiger partial charge in [-0.3, -0.25) is 9.59 Å². The van der Waals surface area contributed by atoms with Gasteiger partial charge in [0, 0.05) is 0 Å². The first-order chi connectivity index (χ1) is 12.3. The fraction of sp³-hybridized carbons (Fsp3) is 0.900. The van der Waals surface area contributed by atoms with Crippen molar-refractivity contribution in [3.63, 3.8) is 0 Å². The van der Waals surface area contributed by atoms with Gasteiger partial charge in [-0.1, -0.05) is 88.8 Å². The normalized spacial score (nSPS) is 15.8. The summed E-state index contributed by atoms with van der Waals surface area (Å²) in [5.41, 5.74) is 0. The molecule has 0 spiro atoms. The van der Waals surface area contributed by atoms with Crippen molar-refractivity contribution < 1.29 is 19.1 Å². The van der Waals surface area contributed by atoms with Crippen LogP contribution in [-0.2, 0) is 19.1 Å². The maximum Gasteiger partial charge on any atom is 0.316 e. The van der Waals surface area contributed by atoms with Gasteiger partial charge in [-0.25, -0.2) is 0 Å². The first-order valence-corrected chi connectivity index (χ1v) is 12.4. The molecule has 4 unspecified atom stereocenters. The zero-order chi connectivity index (χ0) is 19.9. The highest BCUT2D eigenvalue weighted by atomic mass is 33.1. The van der Waals surface area contributed by atoms with E-state index in [1.807, 2.05) is 0 Å². The molecule has 0 fully saturated rings. The van der Waals surface area contributed by atoms with Gasteiger partial charge in [0.1, 0.15) is 11.5 Å². The van der Waals surface area contributed by atoms with Crippen molar-refractivity contribution in [3.05, 3.63) is 0 Å². The third kappa shape index (κ3) is 12.9. The zero-order valence-electron chi connectivity index (χ0n) is 17.4. The van der Waals surface area contributed by atoms with Gasteiger partial charge in [-0.2, -0.15) is 0 Å². The van der Waals surface area contributed by atoms with Gasteiger partial charge >= 0.3 is 11.9 Å². The second kappa shape index (κ2) is 15.7. The summed E-state index contributed by atoms with van der Waals surface area (Å²) in [5, 5.41) is 0. The van der Waals surface area contributed by atoms with Crippen molar-refractivity contribution in [2.75, 3.05) is 24.7 Å². The van der Waals surface area contributed by atoms with Crippen LogP contribution in [0.25, 0.3) is 0 Å². The summed E-state index contributed by atoms with van der Waals surface area (Å²) in [6, 6.07) is 0. The Hall–Kier alpha value is -0.360. The largest absolute Gasteiger partial charge is 0.465 e. The molecule has 26 heavy (non-hydrogen) atoms. The fourth-order valence-corrected chi connectivity index (χ4v) is 4.12. The van der Waals surface area contributed by atoms with E-state index in [1.54, 1.807) is 0 Å². The van der Waals surface area contributed by atoms with Crippen LogP contribution in [0.15, 0.2) is 0 Å². The third-order valence-corrected chi connectivity index (χ3v) is 6.96. The molecule has 4 atom stereocenters. The SMILES string of the molecule is CCCC(C)C(C)COC(=O)CSSCC(=O)OCC(C)C(C)CCC. The summed E-state index contributed by atoms with van der Waals surface area (Å²) < 4.78 is 10.6. The average Bonchev–Trinajstić information content (AvgIpc) is 2.61. The highest BCUT2D eigenvalue weighted by molar-refractivity contribution is 8.77. The molecule has 6 heteroatoms. The zero-order valence-corrected chi connectivity index (χ0v) is 19.0. The molecule has 0 bridgehead atoms. The Morgan fingerprint density at radius 3 is 1.35 bits per heavy atom. The second-order valence-corrected chi connectivity index (χ2v) is 9.84. The van der Waals surface area contributed by atoms with E-state index in [2.05, 4.69) is 41.5 Å². The summed E-state index contributed by atoms with van der Waals surface area (Å²) in [5.74, 6) is 1.97. The number of carbonyl (C=O) groups is 2. The summed E-state index contributed by atoms with van der Waals surface area (Å²) in [6.07, 6.45) is 4.61. The van der Waals surface area contributed by atoms with Crippen LogP contribution in [-0.4, -0.2) is 36.7 Å². The lowest BCUT2D eigenvalue weighted by molar-refractivity contribution is -0.143. The number of carbonyl (C=O) groups excluding carboxylic acids is 2. The van der Waals surface area contributed by atoms with E-state index in [4.69, 9.17) is 9.47 Å². The molecule has 0 aromatic carbocycles. The lowest BCUT2D eigenvalue weighted by Gasteiger charge is -2.19. The number of rotatable bonds is 15. The molecular weight excluding hydrogens is 368 g/mol. The lowest BCUT2D eigenvalue weighted by Crippen LogP contribution is -2.19. The van der Waals surface area contributed by atoms with Gasteiger partial charge < -0.3 is 9.47 Å². The smallest absolute Gasteiger partial charge is 0.316 e. The van der Waals surface area contributed by atoms with Crippen molar-refractivity contribution in [2.45, 2.75) is 67.2 Å². The van der Waals surface area contributed by atoms with Gasteiger partial charge in [-0.05, 0) is 23.7 Å². The molecule has 0 aliphatic heterocycles. The Bertz CT molecular complexity index is 354. The Kier molecular flexibility index (Phi) is 15.5. The van der Waals surface area contributed by atoms with Crippen LogP contribution in [0.4, 0.5) is 0 Å². The molecule has 0 rings (SSSR count). The minimum Gasteiger partial charge on any atom is -0.465 e. The average molecular weight is 407 g/mol. The molecule has 0 aromatic heterocycles. The fourth-order valence-electron chi connectivity index (χ4n) is 2.52. The monoisotopic (exact) mass is 406 g/mol. The Morgan fingerprint density at radius 1 is 0.692 bits per heavy atom. The topological polar surface area (TPSA) is 52.6 Å². The van der Waals surface area contributed by atoms with E-state index in [0.717, 1.165) is 25.7 Å². The van der Waals surface area contributed by atoms with Gasteiger partial charge in [0.2, 0.25) is 0 Å². The highest BCUT2D eigenvalue weighted by Gasteiger charge is 2.15. The number of hydrogen-bond donors (Lipinski definition) is 0. The van der Waals surface area contributed by atoms with Crippen LogP contribution in [0.2, 0.25) is 0 Å². The molecule has 0 aromatic rings. The van der Waals surface area contributed by atoms with Gasteiger partial charge in [0.05, 0.1) is 13.2 Å². The summed E-state index contributed by atoms with van der Waals surface area (Å²) in [7, 11) is 2.70. The van der Waals surface area contributed by atoms with Crippen molar-refractivity contribution in [1.29, 1.82) is 0 Å². The van der Waals surface area contributed by atoms with E-state index in [-0.39, 0.29) is 23.4 Å². The molecular formula is C20H38O4S2. The molecule has 0 aliphatic carbocycles. The van der Waals surface area contributed by atoms with Crippen LogP contribution >= 0.6 is 21.6 Å². The lowest BCUT2D eigenvalue weighted by atomic mass is 9.93. The molecule has 0 heterocycles. The third-order valence-electron chi connectivity index (χ3n) is 4.88. The minimum absolute atomic E-state index is 0.214.